The summed E-state index contributed by atoms with van der Waals surface area (Å²) in [5, 5.41) is 11.8. The number of rotatable bonds is 5. The molecule has 0 heterocycles. The van der Waals surface area contributed by atoms with Gasteiger partial charge in [-0.25, -0.2) is 0 Å². The Bertz CT molecular complexity index is 191. The van der Waals surface area contributed by atoms with Crippen molar-refractivity contribution in [3.63, 3.8) is 0 Å². The Labute approximate surface area is 86.3 Å². The highest BCUT2D eigenvalue weighted by molar-refractivity contribution is 5.85. The Morgan fingerprint density at radius 2 is 2.00 bits per heavy atom. The Hall–Kier alpha value is -0.610. The Kier molecular flexibility index (Phi) is 5.08. The molecule has 0 aliphatic rings. The summed E-state index contributed by atoms with van der Waals surface area (Å²) in [5.74, 6) is 0.0176. The number of hydrogen-bond acceptors (Lipinski definition) is 3. The molecule has 14 heavy (non-hydrogen) atoms. The maximum absolute atomic E-state index is 12.0. The van der Waals surface area contributed by atoms with Crippen LogP contribution in [0.15, 0.2) is 0 Å². The predicted octanol–water partition coefficient (Wildman–Crippen LogP) is 0.214. The number of amides is 1. The first kappa shape index (κ1) is 13.4. The second-order valence-electron chi connectivity index (χ2n) is 4.19. The Morgan fingerprint density at radius 3 is 2.29 bits per heavy atom. The number of nitrogens with one attached hydrogen (secondary N) is 1. The van der Waals surface area contributed by atoms with Gasteiger partial charge in [0.2, 0.25) is 5.91 Å². The van der Waals surface area contributed by atoms with Crippen LogP contribution in [0.4, 0.5) is 0 Å². The maximum Gasteiger partial charge on any atom is 0.242 e. The van der Waals surface area contributed by atoms with E-state index in [0.29, 0.717) is 6.54 Å². The average Bonchev–Trinajstić information content (AvgIpc) is 2.12. The molecule has 0 fully saturated rings. The molecule has 0 saturated heterocycles. The summed E-state index contributed by atoms with van der Waals surface area (Å²) < 4.78 is 0. The number of aliphatic hydroxyl groups excluding tert-OH is 1. The summed E-state index contributed by atoms with van der Waals surface area (Å²) in [6.07, 6.45) is 0. The molecule has 2 N–H and O–H groups in total. The number of aliphatic hydroxyl groups is 1. The first-order valence-electron chi connectivity index (χ1n) is 4.97. The lowest BCUT2D eigenvalue weighted by atomic mass is 10.0. The molecule has 0 radical (unpaired) electrons. The minimum atomic E-state index is -0.570. The average molecular weight is 202 g/mol. The molecule has 0 bridgehead atoms. The predicted molar refractivity (Wildman–Crippen MR) is 57.1 cm³/mol. The van der Waals surface area contributed by atoms with Crippen LogP contribution in [-0.2, 0) is 4.79 Å². The monoisotopic (exact) mass is 202 g/mol. The summed E-state index contributed by atoms with van der Waals surface area (Å²) in [6, 6.07) is 0.113. The van der Waals surface area contributed by atoms with Crippen LogP contribution in [0, 0.1) is 0 Å². The van der Waals surface area contributed by atoms with Gasteiger partial charge in [-0.2, -0.15) is 0 Å². The van der Waals surface area contributed by atoms with Gasteiger partial charge in [-0.3, -0.25) is 4.79 Å². The molecule has 0 aliphatic carbocycles. The van der Waals surface area contributed by atoms with Crippen LogP contribution in [0.2, 0.25) is 0 Å². The van der Waals surface area contributed by atoms with E-state index in [4.69, 9.17) is 5.11 Å². The molecule has 0 rings (SSSR count). The van der Waals surface area contributed by atoms with Crippen molar-refractivity contribution in [2.75, 3.05) is 20.2 Å². The van der Waals surface area contributed by atoms with E-state index in [1.54, 1.807) is 11.9 Å². The van der Waals surface area contributed by atoms with Crippen LogP contribution in [0.25, 0.3) is 0 Å². The van der Waals surface area contributed by atoms with E-state index in [9.17, 15) is 4.79 Å². The second kappa shape index (κ2) is 5.32. The summed E-state index contributed by atoms with van der Waals surface area (Å²) in [5.41, 5.74) is -0.570. The van der Waals surface area contributed by atoms with Gasteiger partial charge >= 0.3 is 0 Å². The molecular weight excluding hydrogens is 180 g/mol. The zero-order chi connectivity index (χ0) is 11.4. The van der Waals surface area contributed by atoms with Gasteiger partial charge in [0.1, 0.15) is 0 Å². The highest BCUT2D eigenvalue weighted by Crippen LogP contribution is 2.10. The Balaban J connectivity index is 4.59. The minimum Gasteiger partial charge on any atom is -0.395 e. The molecule has 84 valence electrons. The summed E-state index contributed by atoms with van der Waals surface area (Å²) in [4.78, 5) is 13.7. The van der Waals surface area contributed by atoms with Gasteiger partial charge in [0.05, 0.1) is 12.1 Å². The molecule has 0 atom stereocenters. The third-order valence-corrected chi connectivity index (χ3v) is 2.38. The lowest BCUT2D eigenvalue weighted by molar-refractivity contribution is -0.139. The number of carbonyl (C=O) groups is 1. The van der Waals surface area contributed by atoms with Gasteiger partial charge in [-0.05, 0) is 34.7 Å². The smallest absolute Gasteiger partial charge is 0.242 e. The van der Waals surface area contributed by atoms with E-state index in [0.717, 1.165) is 0 Å². The number of nitrogens with zero attached hydrogens (tertiary/aromatic N) is 1. The Morgan fingerprint density at radius 1 is 1.50 bits per heavy atom. The summed E-state index contributed by atoms with van der Waals surface area (Å²) >= 11 is 0. The number of likely N-dealkylation sites (N-methyl/N-ethyl adjacent to an activating group) is 1. The van der Waals surface area contributed by atoms with Crippen molar-refractivity contribution in [1.82, 2.24) is 10.2 Å². The van der Waals surface area contributed by atoms with Crippen molar-refractivity contribution < 1.29 is 9.90 Å². The van der Waals surface area contributed by atoms with E-state index >= 15 is 0 Å². The van der Waals surface area contributed by atoms with Crippen molar-refractivity contribution in [3.8, 4) is 0 Å². The van der Waals surface area contributed by atoms with Crippen LogP contribution in [0.1, 0.15) is 27.7 Å². The SMILES string of the molecule is CNC(C)(C)C(=O)N(CCO)C(C)C. The fraction of sp³-hybridized carbons (Fsp3) is 0.900. The quantitative estimate of drug-likeness (QED) is 0.670. The number of hydrogen-bond donors (Lipinski definition) is 2. The molecule has 0 aromatic heterocycles. The van der Waals surface area contributed by atoms with Gasteiger partial charge in [-0.15, -0.1) is 0 Å². The van der Waals surface area contributed by atoms with E-state index in [-0.39, 0.29) is 18.6 Å². The van der Waals surface area contributed by atoms with E-state index < -0.39 is 5.54 Å². The van der Waals surface area contributed by atoms with E-state index in [2.05, 4.69) is 5.32 Å². The van der Waals surface area contributed by atoms with E-state index in [1.165, 1.54) is 0 Å². The maximum atomic E-state index is 12.0. The fourth-order valence-corrected chi connectivity index (χ4v) is 1.17. The van der Waals surface area contributed by atoms with Crippen molar-refractivity contribution in [1.29, 1.82) is 0 Å². The van der Waals surface area contributed by atoms with Gasteiger partial charge in [-0.1, -0.05) is 0 Å². The van der Waals surface area contributed by atoms with Gasteiger partial charge in [0, 0.05) is 12.6 Å². The molecule has 4 heteroatoms. The zero-order valence-corrected chi connectivity index (χ0v) is 9.79. The lowest BCUT2D eigenvalue weighted by Gasteiger charge is -2.34. The number of carbonyl (C=O) groups excluding carboxylic acids is 1. The fourth-order valence-electron chi connectivity index (χ4n) is 1.17. The lowest BCUT2D eigenvalue weighted by Crippen LogP contribution is -2.55. The molecule has 1 amide bonds. The van der Waals surface area contributed by atoms with Gasteiger partial charge in [0.25, 0.3) is 0 Å². The van der Waals surface area contributed by atoms with Gasteiger partial charge < -0.3 is 15.3 Å². The van der Waals surface area contributed by atoms with Crippen molar-refractivity contribution in [3.05, 3.63) is 0 Å². The molecule has 0 spiro atoms. The van der Waals surface area contributed by atoms with Crippen LogP contribution < -0.4 is 5.32 Å². The van der Waals surface area contributed by atoms with E-state index in [1.807, 2.05) is 27.7 Å². The van der Waals surface area contributed by atoms with Crippen LogP contribution >= 0.6 is 0 Å². The molecular formula is C10H22N2O2. The van der Waals surface area contributed by atoms with Crippen LogP contribution in [0.3, 0.4) is 0 Å². The topological polar surface area (TPSA) is 52.6 Å². The van der Waals surface area contributed by atoms with Gasteiger partial charge in [0.15, 0.2) is 0 Å². The highest BCUT2D eigenvalue weighted by Gasteiger charge is 2.31. The first-order chi connectivity index (χ1) is 6.36. The molecule has 0 aromatic carbocycles. The molecule has 4 nitrogen and oxygen atoms in total. The molecule has 0 aromatic rings. The van der Waals surface area contributed by atoms with Crippen LogP contribution in [0.5, 0.6) is 0 Å². The van der Waals surface area contributed by atoms with Crippen molar-refractivity contribution in [2.24, 2.45) is 0 Å². The third-order valence-electron chi connectivity index (χ3n) is 2.38. The second-order valence-corrected chi connectivity index (χ2v) is 4.19. The highest BCUT2D eigenvalue weighted by atomic mass is 16.3. The largest absolute Gasteiger partial charge is 0.395 e. The van der Waals surface area contributed by atoms with Crippen molar-refractivity contribution in [2.45, 2.75) is 39.3 Å². The molecule has 0 unspecified atom stereocenters. The summed E-state index contributed by atoms with van der Waals surface area (Å²) in [7, 11) is 1.76. The van der Waals surface area contributed by atoms with Crippen molar-refractivity contribution >= 4 is 5.91 Å². The minimum absolute atomic E-state index is 0.00368. The molecule has 0 aliphatic heterocycles. The zero-order valence-electron chi connectivity index (χ0n) is 9.79. The molecule has 0 saturated carbocycles. The first-order valence-corrected chi connectivity index (χ1v) is 4.97. The third kappa shape index (κ3) is 3.27. The van der Waals surface area contributed by atoms with Crippen LogP contribution in [-0.4, -0.2) is 47.7 Å². The normalized spacial score (nSPS) is 11.9. The standard InChI is InChI=1S/C10H22N2O2/c1-8(2)12(6-7-13)9(14)10(3,4)11-5/h8,11,13H,6-7H2,1-5H3. The summed E-state index contributed by atoms with van der Waals surface area (Å²) in [6.45, 7) is 7.95.